The first kappa shape index (κ1) is 15.9. The maximum atomic E-state index is 13.3. The van der Waals surface area contributed by atoms with E-state index in [0.29, 0.717) is 18.9 Å². The van der Waals surface area contributed by atoms with Crippen molar-refractivity contribution >= 4 is 12.0 Å². The monoisotopic (exact) mass is 286 g/mol. The highest BCUT2D eigenvalue weighted by Gasteiger charge is 2.18. The molecule has 1 aromatic carbocycles. The van der Waals surface area contributed by atoms with E-state index in [1.807, 2.05) is 0 Å². The summed E-state index contributed by atoms with van der Waals surface area (Å²) in [4.78, 5) is 22.3. The Labute approximate surface area is 115 Å². The van der Waals surface area contributed by atoms with Crippen molar-refractivity contribution in [1.82, 2.24) is 10.6 Å². The number of carboxylic acid groups (broad SMARTS) is 1. The van der Waals surface area contributed by atoms with Gasteiger partial charge in [0.1, 0.15) is 17.7 Å². The van der Waals surface area contributed by atoms with Crippen LogP contribution in [0, 0.1) is 11.6 Å². The zero-order valence-electron chi connectivity index (χ0n) is 11.0. The molecule has 0 aliphatic heterocycles. The van der Waals surface area contributed by atoms with Crippen molar-refractivity contribution in [3.8, 4) is 0 Å². The van der Waals surface area contributed by atoms with E-state index in [4.69, 9.17) is 5.11 Å². The van der Waals surface area contributed by atoms with Crippen molar-refractivity contribution in [3.05, 3.63) is 35.4 Å². The van der Waals surface area contributed by atoms with Gasteiger partial charge in [-0.1, -0.05) is 19.4 Å². The minimum absolute atomic E-state index is 0.115. The summed E-state index contributed by atoms with van der Waals surface area (Å²) in [7, 11) is 0. The lowest BCUT2D eigenvalue weighted by molar-refractivity contribution is -0.139. The minimum atomic E-state index is -1.13. The van der Waals surface area contributed by atoms with E-state index in [1.165, 1.54) is 6.07 Å². The quantitative estimate of drug-likeness (QED) is 0.748. The van der Waals surface area contributed by atoms with Crippen LogP contribution in [0.5, 0.6) is 0 Å². The molecule has 1 atom stereocenters. The number of carbonyl (C=O) groups excluding carboxylic acids is 1. The van der Waals surface area contributed by atoms with Gasteiger partial charge in [0.15, 0.2) is 0 Å². The molecular weight excluding hydrogens is 270 g/mol. The lowest BCUT2D eigenvalue weighted by Gasteiger charge is -2.14. The highest BCUT2D eigenvalue weighted by atomic mass is 19.1. The fourth-order valence-electron chi connectivity index (χ4n) is 1.60. The number of urea groups is 1. The summed E-state index contributed by atoms with van der Waals surface area (Å²) >= 11 is 0. The van der Waals surface area contributed by atoms with Gasteiger partial charge in [-0.2, -0.15) is 0 Å². The Hall–Kier alpha value is -2.18. The molecule has 110 valence electrons. The zero-order chi connectivity index (χ0) is 15.1. The van der Waals surface area contributed by atoms with Crippen LogP contribution in [-0.2, 0) is 11.3 Å². The van der Waals surface area contributed by atoms with Crippen molar-refractivity contribution in [2.45, 2.75) is 32.4 Å². The standard InChI is InChI=1S/C13H16F2N2O3/c1-2-3-11(12(18)19)17-13(20)16-7-8-4-5-9(14)6-10(8)15/h4-6,11H,2-3,7H2,1H3,(H,18,19)(H2,16,17,20). The molecule has 2 amide bonds. The van der Waals surface area contributed by atoms with Crippen LogP contribution in [0.25, 0.3) is 0 Å². The molecule has 1 aromatic rings. The topological polar surface area (TPSA) is 78.4 Å². The smallest absolute Gasteiger partial charge is 0.326 e. The van der Waals surface area contributed by atoms with Crippen molar-refractivity contribution in [2.75, 3.05) is 0 Å². The van der Waals surface area contributed by atoms with E-state index >= 15 is 0 Å². The highest BCUT2D eigenvalue weighted by Crippen LogP contribution is 2.09. The van der Waals surface area contributed by atoms with Gasteiger partial charge in [0.2, 0.25) is 0 Å². The molecule has 5 nitrogen and oxygen atoms in total. The van der Waals surface area contributed by atoms with Gasteiger partial charge in [-0.15, -0.1) is 0 Å². The average molecular weight is 286 g/mol. The summed E-state index contributed by atoms with van der Waals surface area (Å²) in [6, 6.07) is 1.31. The van der Waals surface area contributed by atoms with Crippen LogP contribution in [0.1, 0.15) is 25.3 Å². The zero-order valence-corrected chi connectivity index (χ0v) is 11.0. The summed E-state index contributed by atoms with van der Waals surface area (Å²) < 4.78 is 26.0. The number of hydrogen-bond donors (Lipinski definition) is 3. The summed E-state index contributed by atoms with van der Waals surface area (Å²) in [5.74, 6) is -2.60. The van der Waals surface area contributed by atoms with Crippen LogP contribution in [-0.4, -0.2) is 23.1 Å². The number of halogens is 2. The first-order valence-corrected chi connectivity index (χ1v) is 6.15. The number of hydrogen-bond acceptors (Lipinski definition) is 2. The Morgan fingerprint density at radius 2 is 2.05 bits per heavy atom. The van der Waals surface area contributed by atoms with Crippen molar-refractivity contribution < 1.29 is 23.5 Å². The van der Waals surface area contributed by atoms with Crippen molar-refractivity contribution in [3.63, 3.8) is 0 Å². The maximum absolute atomic E-state index is 13.3. The number of rotatable bonds is 6. The van der Waals surface area contributed by atoms with Crippen molar-refractivity contribution in [2.24, 2.45) is 0 Å². The fraction of sp³-hybridized carbons (Fsp3) is 0.385. The second-order valence-corrected chi connectivity index (χ2v) is 4.24. The van der Waals surface area contributed by atoms with Crippen molar-refractivity contribution in [1.29, 1.82) is 0 Å². The predicted octanol–water partition coefficient (Wildman–Crippen LogP) is 2.02. The van der Waals surface area contributed by atoms with Crippen LogP contribution >= 0.6 is 0 Å². The van der Waals surface area contributed by atoms with Gasteiger partial charge in [-0.25, -0.2) is 18.4 Å². The van der Waals surface area contributed by atoms with Gasteiger partial charge < -0.3 is 15.7 Å². The van der Waals surface area contributed by atoms with Crippen LogP contribution < -0.4 is 10.6 Å². The molecule has 0 aliphatic carbocycles. The Morgan fingerprint density at radius 1 is 1.35 bits per heavy atom. The highest BCUT2D eigenvalue weighted by molar-refractivity contribution is 5.82. The first-order valence-electron chi connectivity index (χ1n) is 6.15. The summed E-state index contributed by atoms with van der Waals surface area (Å²) in [6.45, 7) is 1.64. The second-order valence-electron chi connectivity index (χ2n) is 4.24. The molecule has 0 bridgehead atoms. The number of nitrogens with one attached hydrogen (secondary N) is 2. The molecule has 7 heteroatoms. The van der Waals surface area contributed by atoms with E-state index in [2.05, 4.69) is 10.6 Å². The molecule has 0 aliphatic rings. The SMILES string of the molecule is CCCC(NC(=O)NCc1ccc(F)cc1F)C(=O)O. The molecule has 1 unspecified atom stereocenters. The fourth-order valence-corrected chi connectivity index (χ4v) is 1.60. The summed E-state index contributed by atoms with van der Waals surface area (Å²) in [5.41, 5.74) is 0.115. The third-order valence-electron chi connectivity index (χ3n) is 2.64. The Balaban J connectivity index is 2.52. The third kappa shape index (κ3) is 4.83. The van der Waals surface area contributed by atoms with E-state index in [9.17, 15) is 18.4 Å². The molecule has 0 aromatic heterocycles. The molecule has 0 saturated carbocycles. The number of benzene rings is 1. The molecule has 1 rings (SSSR count). The number of carboxylic acids is 1. The summed E-state index contributed by atoms with van der Waals surface area (Å²) in [5, 5.41) is 13.5. The van der Waals surface area contributed by atoms with E-state index in [-0.39, 0.29) is 12.1 Å². The molecule has 0 spiro atoms. The number of amides is 2. The lowest BCUT2D eigenvalue weighted by atomic mass is 10.2. The van der Waals surface area contributed by atoms with Crippen LogP contribution in [0.15, 0.2) is 18.2 Å². The number of carbonyl (C=O) groups is 2. The number of aliphatic carboxylic acids is 1. The third-order valence-corrected chi connectivity index (χ3v) is 2.64. The molecule has 20 heavy (non-hydrogen) atoms. The lowest BCUT2D eigenvalue weighted by Crippen LogP contribution is -2.45. The second kappa shape index (κ2) is 7.42. The van der Waals surface area contributed by atoms with Gasteiger partial charge in [0.05, 0.1) is 0 Å². The predicted molar refractivity (Wildman–Crippen MR) is 68.1 cm³/mol. The average Bonchev–Trinajstić information content (AvgIpc) is 2.37. The van der Waals surface area contributed by atoms with Gasteiger partial charge in [0.25, 0.3) is 0 Å². The van der Waals surface area contributed by atoms with Gasteiger partial charge in [0, 0.05) is 18.2 Å². The molecule has 0 radical (unpaired) electrons. The van der Waals surface area contributed by atoms with Gasteiger partial charge in [-0.05, 0) is 12.5 Å². The molecule has 0 saturated heterocycles. The van der Waals surface area contributed by atoms with Crippen LogP contribution in [0.3, 0.4) is 0 Å². The molecule has 0 fully saturated rings. The molecular formula is C13H16F2N2O3. The van der Waals surface area contributed by atoms with Crippen LogP contribution in [0.2, 0.25) is 0 Å². The maximum Gasteiger partial charge on any atom is 0.326 e. The largest absolute Gasteiger partial charge is 0.480 e. The van der Waals surface area contributed by atoms with E-state index in [0.717, 1.165) is 6.07 Å². The van der Waals surface area contributed by atoms with E-state index in [1.54, 1.807) is 6.92 Å². The summed E-state index contributed by atoms with van der Waals surface area (Å²) in [6.07, 6.45) is 0.900. The Morgan fingerprint density at radius 3 is 2.60 bits per heavy atom. The Bertz CT molecular complexity index is 495. The first-order chi connectivity index (χ1) is 9.43. The molecule has 3 N–H and O–H groups in total. The van der Waals surface area contributed by atoms with Crippen LogP contribution in [0.4, 0.5) is 13.6 Å². The normalized spacial score (nSPS) is 11.8. The van der Waals surface area contributed by atoms with E-state index < -0.39 is 29.7 Å². The van der Waals surface area contributed by atoms with Gasteiger partial charge in [-0.3, -0.25) is 0 Å². The Kier molecular flexibility index (Phi) is 5.89. The minimum Gasteiger partial charge on any atom is -0.480 e. The molecule has 0 heterocycles. The van der Waals surface area contributed by atoms with Gasteiger partial charge >= 0.3 is 12.0 Å².